The molecule has 3 aromatic rings. The average molecular weight is 322 g/mol. The number of allylic oxidation sites excluding steroid dienone is 1. The first-order chi connectivity index (χ1) is 11.1. The maximum atomic E-state index is 9.67. The van der Waals surface area contributed by atoms with Crippen LogP contribution in [0.3, 0.4) is 0 Å². The first-order valence-electron chi connectivity index (χ1n) is 6.58. The van der Waals surface area contributed by atoms with Gasteiger partial charge in [-0.15, -0.1) is 0 Å². The number of aromatic amines is 1. The van der Waals surface area contributed by atoms with Gasteiger partial charge in [-0.1, -0.05) is 6.08 Å². The number of aromatic nitrogens is 3. The Morgan fingerprint density at radius 1 is 1.35 bits per heavy atom. The number of nitrogens with one attached hydrogen (secondary N) is 2. The van der Waals surface area contributed by atoms with Crippen molar-refractivity contribution in [2.24, 2.45) is 0 Å². The Bertz CT molecular complexity index is 1130. The molecule has 2 N–H and O–H groups in total. The zero-order valence-electron chi connectivity index (χ0n) is 12.0. The number of hydrogen-bond acceptors (Lipinski definition) is 5. The predicted molar refractivity (Wildman–Crippen MR) is 84.6 cm³/mol. The van der Waals surface area contributed by atoms with Crippen LogP contribution in [0.4, 0.5) is 0 Å². The van der Waals surface area contributed by atoms with Crippen molar-refractivity contribution in [1.82, 2.24) is 14.2 Å². The van der Waals surface area contributed by atoms with E-state index < -0.39 is 0 Å². The number of fused-ring (bicyclic) bond motifs is 1. The SMILES string of the molecule is C/C=C/n1c(=S)[nH]n2c(=N)c(C#N)c(-c3ccco3)c(C#N)c12. The van der Waals surface area contributed by atoms with Crippen molar-refractivity contribution in [3.8, 4) is 23.5 Å². The summed E-state index contributed by atoms with van der Waals surface area (Å²) in [6, 6.07) is 7.39. The van der Waals surface area contributed by atoms with Crippen molar-refractivity contribution in [2.75, 3.05) is 0 Å². The summed E-state index contributed by atoms with van der Waals surface area (Å²) in [5.41, 5.74) is 0.821. The molecular formula is C15H10N6OS. The second-order valence-electron chi connectivity index (χ2n) is 4.60. The van der Waals surface area contributed by atoms with E-state index in [2.05, 4.69) is 11.2 Å². The highest BCUT2D eigenvalue weighted by atomic mass is 32.1. The van der Waals surface area contributed by atoms with Gasteiger partial charge in [-0.3, -0.25) is 15.1 Å². The maximum Gasteiger partial charge on any atom is 0.198 e. The molecule has 112 valence electrons. The second-order valence-corrected chi connectivity index (χ2v) is 4.99. The van der Waals surface area contributed by atoms with Gasteiger partial charge in [-0.05, 0) is 31.3 Å². The van der Waals surface area contributed by atoms with E-state index in [0.29, 0.717) is 16.2 Å². The van der Waals surface area contributed by atoms with Crippen LogP contribution in [0.25, 0.3) is 23.2 Å². The molecular weight excluding hydrogens is 312 g/mol. The summed E-state index contributed by atoms with van der Waals surface area (Å²) in [6.45, 7) is 1.82. The van der Waals surface area contributed by atoms with E-state index in [-0.39, 0.29) is 22.2 Å². The molecule has 0 bridgehead atoms. The van der Waals surface area contributed by atoms with Crippen LogP contribution in [0.1, 0.15) is 18.1 Å². The van der Waals surface area contributed by atoms with E-state index in [4.69, 9.17) is 22.0 Å². The quantitative estimate of drug-likeness (QED) is 0.707. The lowest BCUT2D eigenvalue weighted by molar-refractivity contribution is 0.581. The molecule has 8 heteroatoms. The summed E-state index contributed by atoms with van der Waals surface area (Å²) in [6.07, 6.45) is 4.90. The monoisotopic (exact) mass is 322 g/mol. The third kappa shape index (κ3) is 2.01. The van der Waals surface area contributed by atoms with Gasteiger partial charge in [-0.25, -0.2) is 4.52 Å². The summed E-state index contributed by atoms with van der Waals surface area (Å²) >= 11 is 5.24. The topological polar surface area (TPSA) is 110 Å². The lowest BCUT2D eigenvalue weighted by Crippen LogP contribution is -2.20. The van der Waals surface area contributed by atoms with Gasteiger partial charge in [0.2, 0.25) is 0 Å². The van der Waals surface area contributed by atoms with Crippen molar-refractivity contribution in [2.45, 2.75) is 6.92 Å². The molecule has 0 aliphatic heterocycles. The van der Waals surface area contributed by atoms with Crippen LogP contribution in [-0.4, -0.2) is 14.2 Å². The summed E-state index contributed by atoms with van der Waals surface area (Å²) in [5, 5.41) is 30.2. The van der Waals surface area contributed by atoms with Gasteiger partial charge in [-0.2, -0.15) is 10.5 Å². The minimum absolute atomic E-state index is 0.0397. The highest BCUT2D eigenvalue weighted by molar-refractivity contribution is 7.71. The Kier molecular flexibility index (Phi) is 3.45. The molecule has 0 amide bonds. The van der Waals surface area contributed by atoms with Crippen molar-refractivity contribution in [3.05, 3.63) is 45.9 Å². The Morgan fingerprint density at radius 2 is 2.09 bits per heavy atom. The third-order valence-corrected chi connectivity index (χ3v) is 3.63. The van der Waals surface area contributed by atoms with Crippen LogP contribution in [0.5, 0.6) is 0 Å². The van der Waals surface area contributed by atoms with E-state index in [0.717, 1.165) is 0 Å². The highest BCUT2D eigenvalue weighted by Gasteiger charge is 2.22. The molecule has 0 fully saturated rings. The van der Waals surface area contributed by atoms with E-state index in [1.54, 1.807) is 29.0 Å². The van der Waals surface area contributed by atoms with Crippen molar-refractivity contribution < 1.29 is 4.42 Å². The van der Waals surface area contributed by atoms with Crippen LogP contribution in [-0.2, 0) is 0 Å². The van der Waals surface area contributed by atoms with Gasteiger partial charge in [0.05, 0.1) is 11.8 Å². The number of hydrogen-bond donors (Lipinski definition) is 2. The minimum Gasteiger partial charge on any atom is -0.464 e. The molecule has 0 aromatic carbocycles. The number of nitriles is 2. The standard InChI is InChI=1S/C15H10N6OS/c1-2-5-20-14-10(8-17)12(11-4-3-6-22-11)9(7-16)13(18)21(14)19-15(20)23/h2-6,18H,1H3,(H,19,23)/b5-2+,18-13?. The predicted octanol–water partition coefficient (Wildman–Crippen LogP) is 2.77. The van der Waals surface area contributed by atoms with E-state index in [9.17, 15) is 10.5 Å². The van der Waals surface area contributed by atoms with Crippen LogP contribution in [0.2, 0.25) is 0 Å². The molecule has 0 saturated carbocycles. The molecule has 3 rings (SSSR count). The molecule has 7 nitrogen and oxygen atoms in total. The Balaban J connectivity index is 2.66. The van der Waals surface area contributed by atoms with Gasteiger partial charge in [0.1, 0.15) is 29.0 Å². The molecule has 0 saturated heterocycles. The molecule has 3 aromatic heterocycles. The van der Waals surface area contributed by atoms with Crippen LogP contribution < -0.4 is 5.49 Å². The number of pyridine rings is 1. The number of nitrogens with zero attached hydrogens (tertiary/aromatic N) is 4. The fourth-order valence-electron chi connectivity index (χ4n) is 2.44. The largest absolute Gasteiger partial charge is 0.464 e. The fourth-order valence-corrected chi connectivity index (χ4v) is 2.68. The van der Waals surface area contributed by atoms with Gasteiger partial charge in [0, 0.05) is 6.20 Å². The lowest BCUT2D eigenvalue weighted by atomic mass is 10.0. The van der Waals surface area contributed by atoms with Crippen molar-refractivity contribution in [3.63, 3.8) is 0 Å². The number of H-pyrrole nitrogens is 1. The van der Waals surface area contributed by atoms with Gasteiger partial charge >= 0.3 is 0 Å². The Hall–Kier alpha value is -3.36. The minimum atomic E-state index is -0.0951. The van der Waals surface area contributed by atoms with Crippen molar-refractivity contribution >= 4 is 24.1 Å². The van der Waals surface area contributed by atoms with Crippen molar-refractivity contribution in [1.29, 1.82) is 15.9 Å². The van der Waals surface area contributed by atoms with Gasteiger partial charge < -0.3 is 4.42 Å². The third-order valence-electron chi connectivity index (χ3n) is 3.34. The summed E-state index contributed by atoms with van der Waals surface area (Å²) in [4.78, 5) is 0. The molecule has 0 radical (unpaired) electrons. The molecule has 0 spiro atoms. The van der Waals surface area contributed by atoms with Crippen LogP contribution in [0.15, 0.2) is 28.9 Å². The summed E-state index contributed by atoms with van der Waals surface area (Å²) in [5.74, 6) is 0.355. The Morgan fingerprint density at radius 3 is 2.65 bits per heavy atom. The molecule has 3 heterocycles. The molecule has 0 unspecified atom stereocenters. The summed E-state index contributed by atoms with van der Waals surface area (Å²) < 4.78 is 8.58. The van der Waals surface area contributed by atoms with E-state index in [1.165, 1.54) is 10.8 Å². The number of rotatable bonds is 2. The maximum absolute atomic E-state index is 9.67. The first kappa shape index (κ1) is 14.6. The normalized spacial score (nSPS) is 10.9. The lowest BCUT2D eigenvalue weighted by Gasteiger charge is -2.08. The van der Waals surface area contributed by atoms with E-state index in [1.807, 2.05) is 13.0 Å². The average Bonchev–Trinajstić information content (AvgIpc) is 3.17. The molecule has 0 aliphatic carbocycles. The molecule has 0 atom stereocenters. The fraction of sp³-hybridized carbons (Fsp3) is 0.0667. The smallest absolute Gasteiger partial charge is 0.198 e. The zero-order valence-corrected chi connectivity index (χ0v) is 12.8. The van der Waals surface area contributed by atoms with E-state index >= 15 is 0 Å². The van der Waals surface area contributed by atoms with Crippen LogP contribution >= 0.6 is 12.2 Å². The summed E-state index contributed by atoms with van der Waals surface area (Å²) in [7, 11) is 0. The van der Waals surface area contributed by atoms with Crippen LogP contribution in [0, 0.1) is 32.8 Å². The first-order valence-corrected chi connectivity index (χ1v) is 6.99. The highest BCUT2D eigenvalue weighted by Crippen LogP contribution is 2.28. The Labute approximate surface area is 135 Å². The number of furan rings is 1. The molecule has 23 heavy (non-hydrogen) atoms. The van der Waals surface area contributed by atoms with Gasteiger partial charge in [0.25, 0.3) is 0 Å². The zero-order chi connectivity index (χ0) is 16.6. The second kappa shape index (κ2) is 5.44. The van der Waals surface area contributed by atoms with Gasteiger partial charge in [0.15, 0.2) is 15.9 Å². The molecule has 0 aliphatic rings.